The molecule has 6 nitrogen and oxygen atoms in total. The van der Waals surface area contributed by atoms with E-state index in [4.69, 9.17) is 0 Å². The van der Waals surface area contributed by atoms with Crippen LogP contribution in [0.4, 0.5) is 0 Å². The minimum absolute atomic E-state index is 0.238. The second-order valence-electron chi connectivity index (χ2n) is 4.61. The van der Waals surface area contributed by atoms with Gasteiger partial charge in [0, 0.05) is 18.9 Å². The van der Waals surface area contributed by atoms with Crippen LogP contribution in [-0.2, 0) is 9.84 Å². The Morgan fingerprint density at radius 1 is 1.10 bits per heavy atom. The van der Waals surface area contributed by atoms with E-state index in [0.29, 0.717) is 0 Å². The third-order valence-electron chi connectivity index (χ3n) is 2.68. The summed E-state index contributed by atoms with van der Waals surface area (Å²) in [4.78, 5) is 13.9. The molecule has 0 aromatic carbocycles. The predicted octanol–water partition coefficient (Wildman–Crippen LogP) is 2.52. The Hall–Kier alpha value is -1.76. The average molecular weight is 300 g/mol. The Bertz CT molecular complexity index is 619. The molecule has 0 aliphatic carbocycles. The molecule has 0 aliphatic heterocycles. The maximum Gasteiger partial charge on any atom is 0.308 e. The van der Waals surface area contributed by atoms with Gasteiger partial charge in [0.1, 0.15) is 0 Å². The molecule has 0 rings (SSSR count). The molecule has 0 N–H and O–H groups in total. The van der Waals surface area contributed by atoms with Gasteiger partial charge >= 0.3 is 5.70 Å². The van der Waals surface area contributed by atoms with Crippen molar-refractivity contribution in [2.75, 3.05) is 13.3 Å². The van der Waals surface area contributed by atoms with Crippen LogP contribution in [-0.4, -0.2) is 31.7 Å². The first-order valence-electron chi connectivity index (χ1n) is 5.87. The average Bonchev–Trinajstić information content (AvgIpc) is 2.29. The lowest BCUT2D eigenvalue weighted by Crippen LogP contribution is -2.21. The molecule has 0 saturated heterocycles. The first-order chi connectivity index (χ1) is 9.02. The minimum atomic E-state index is -3.75. The van der Waals surface area contributed by atoms with Gasteiger partial charge in [-0.15, -0.1) is 0 Å². The van der Waals surface area contributed by atoms with Crippen LogP contribution in [0.15, 0.2) is 39.6 Å². The molecule has 0 amide bonds. The molecule has 112 valence electrons. The molecule has 7 heteroatoms. The number of nitrogens with zero attached hydrogens (tertiary/aromatic N) is 2. The topological polar surface area (TPSA) is 89.6 Å². The van der Waals surface area contributed by atoms with Gasteiger partial charge in [-0.1, -0.05) is 23.3 Å². The number of hydrogen-bond acceptors (Lipinski definition) is 5. The maximum atomic E-state index is 11.6. The Kier molecular flexibility index (Phi) is 6.51. The first kappa shape index (κ1) is 18.2. The molecule has 0 aromatic rings. The zero-order chi connectivity index (χ0) is 16.1. The summed E-state index contributed by atoms with van der Waals surface area (Å²) in [7, 11) is -2.53. The van der Waals surface area contributed by atoms with Crippen molar-refractivity contribution < 1.29 is 13.3 Å². The third kappa shape index (κ3) is 5.08. The summed E-state index contributed by atoms with van der Waals surface area (Å²) in [6.45, 7) is 7.20. The van der Waals surface area contributed by atoms with Crippen molar-refractivity contribution in [2.45, 2.75) is 27.7 Å². The van der Waals surface area contributed by atoms with E-state index in [0.717, 1.165) is 17.4 Å². The van der Waals surface area contributed by atoms with Gasteiger partial charge in [-0.2, -0.15) is 0 Å². The van der Waals surface area contributed by atoms with Crippen molar-refractivity contribution >= 4 is 14.9 Å². The van der Waals surface area contributed by atoms with Crippen LogP contribution in [0, 0.1) is 10.1 Å². The predicted molar refractivity (Wildman–Crippen MR) is 81.1 cm³/mol. The van der Waals surface area contributed by atoms with Gasteiger partial charge in [-0.25, -0.2) is 8.42 Å². The highest BCUT2D eigenvalue weighted by atomic mass is 32.2. The van der Waals surface area contributed by atoms with E-state index >= 15 is 0 Å². The fourth-order valence-electron chi connectivity index (χ4n) is 1.33. The minimum Gasteiger partial charge on any atom is -0.271 e. The van der Waals surface area contributed by atoms with Crippen LogP contribution in [0.25, 0.3) is 0 Å². The summed E-state index contributed by atoms with van der Waals surface area (Å²) in [5.74, 6) is 0. The van der Waals surface area contributed by atoms with Crippen LogP contribution in [0.1, 0.15) is 27.7 Å². The number of allylic oxidation sites excluding steroid dienone is 5. The fourth-order valence-corrected chi connectivity index (χ4v) is 2.25. The molecule has 0 unspecified atom stereocenters. The second-order valence-corrected chi connectivity index (χ2v) is 6.54. The smallest absolute Gasteiger partial charge is 0.271 e. The summed E-state index contributed by atoms with van der Waals surface area (Å²) >= 11 is 0. The number of hydrogen-bond donors (Lipinski definition) is 0. The Labute approximate surface area is 119 Å². The van der Waals surface area contributed by atoms with E-state index in [1.807, 2.05) is 20.8 Å². The fraction of sp³-hybridized carbons (Fsp3) is 0.462. The van der Waals surface area contributed by atoms with Crippen molar-refractivity contribution in [1.29, 1.82) is 0 Å². The van der Waals surface area contributed by atoms with Crippen LogP contribution in [0.3, 0.4) is 0 Å². The Morgan fingerprint density at radius 3 is 1.85 bits per heavy atom. The lowest BCUT2D eigenvalue weighted by atomic mass is 10.1. The molecule has 0 heterocycles. The number of nitro groups is 1. The maximum absolute atomic E-state index is 11.6. The van der Waals surface area contributed by atoms with E-state index < -0.39 is 25.5 Å². The summed E-state index contributed by atoms with van der Waals surface area (Å²) < 4.78 is 23.1. The Morgan fingerprint density at radius 2 is 1.55 bits per heavy atom. The van der Waals surface area contributed by atoms with Crippen LogP contribution in [0.5, 0.6) is 0 Å². The van der Waals surface area contributed by atoms with Crippen molar-refractivity contribution in [3.8, 4) is 0 Å². The highest BCUT2D eigenvalue weighted by Gasteiger charge is 2.29. The molecule has 20 heavy (non-hydrogen) atoms. The van der Waals surface area contributed by atoms with Gasteiger partial charge in [0.05, 0.1) is 4.92 Å². The highest BCUT2D eigenvalue weighted by Crippen LogP contribution is 2.14. The van der Waals surface area contributed by atoms with Gasteiger partial charge < -0.3 is 0 Å². The SMILES string of the molecule is C\N=C(/C(=C(C)/C=C\C(C)=C(C)C)[N+](=O)[O-])S(C)(=O)=O. The first-order valence-corrected chi connectivity index (χ1v) is 7.76. The lowest BCUT2D eigenvalue weighted by Gasteiger charge is -2.03. The summed E-state index contributed by atoms with van der Waals surface area (Å²) in [5, 5.41) is 10.6. The molecule has 0 saturated carbocycles. The van der Waals surface area contributed by atoms with Gasteiger partial charge in [-0.05, 0) is 27.7 Å². The normalized spacial score (nSPS) is 14.2. The third-order valence-corrected chi connectivity index (χ3v) is 3.76. The lowest BCUT2D eigenvalue weighted by molar-refractivity contribution is -0.415. The molecule has 0 fully saturated rings. The second kappa shape index (κ2) is 7.14. The highest BCUT2D eigenvalue weighted by molar-refractivity contribution is 8.06. The van der Waals surface area contributed by atoms with Gasteiger partial charge in [0.25, 0.3) is 0 Å². The monoisotopic (exact) mass is 300 g/mol. The van der Waals surface area contributed by atoms with E-state index in [9.17, 15) is 18.5 Å². The molecule has 0 atom stereocenters. The quantitative estimate of drug-likeness (QED) is 0.262. The summed E-state index contributed by atoms with van der Waals surface area (Å²) in [6, 6.07) is 0. The van der Waals surface area contributed by atoms with Crippen molar-refractivity contribution in [3.63, 3.8) is 0 Å². The van der Waals surface area contributed by atoms with E-state index in [1.54, 1.807) is 6.08 Å². The molecule has 0 aliphatic rings. The van der Waals surface area contributed by atoms with Crippen molar-refractivity contribution in [3.05, 3.63) is 44.7 Å². The molecular weight excluding hydrogens is 280 g/mol. The van der Waals surface area contributed by atoms with Crippen molar-refractivity contribution in [1.82, 2.24) is 0 Å². The molecule has 0 aromatic heterocycles. The van der Waals surface area contributed by atoms with E-state index in [1.165, 1.54) is 20.0 Å². The molecule has 0 spiro atoms. The van der Waals surface area contributed by atoms with Crippen molar-refractivity contribution in [2.24, 2.45) is 4.99 Å². The standard InChI is InChI=1S/C13H20N2O4S/c1-9(2)10(3)7-8-11(4)12(15(16)17)13(14-5)20(6,18)19/h7-8H,1-6H3/b8-7-,12-11-,14-13+. The number of sulfone groups is 1. The zero-order valence-corrected chi connectivity index (χ0v) is 13.4. The number of rotatable bonds is 4. The molecule has 0 radical (unpaired) electrons. The Balaban J connectivity index is 6.01. The molecular formula is C13H20N2O4S. The van der Waals surface area contributed by atoms with Crippen LogP contribution < -0.4 is 0 Å². The summed E-state index contributed by atoms with van der Waals surface area (Å²) in [5.41, 5.74) is 1.78. The van der Waals surface area contributed by atoms with E-state index in [2.05, 4.69) is 4.99 Å². The number of aliphatic imine (C=N–C) groups is 1. The van der Waals surface area contributed by atoms with Gasteiger partial charge in [0.2, 0.25) is 5.04 Å². The largest absolute Gasteiger partial charge is 0.308 e. The van der Waals surface area contributed by atoms with Crippen LogP contribution >= 0.6 is 0 Å². The molecule has 0 bridgehead atoms. The zero-order valence-electron chi connectivity index (χ0n) is 12.6. The van der Waals surface area contributed by atoms with Gasteiger partial charge in [-0.3, -0.25) is 15.1 Å². The van der Waals surface area contributed by atoms with Crippen LogP contribution in [0.2, 0.25) is 0 Å². The summed E-state index contributed by atoms with van der Waals surface area (Å²) in [6.07, 6.45) is 4.14. The van der Waals surface area contributed by atoms with E-state index in [-0.39, 0.29) is 5.57 Å². The van der Waals surface area contributed by atoms with Gasteiger partial charge in [0.15, 0.2) is 9.84 Å².